The summed E-state index contributed by atoms with van der Waals surface area (Å²) < 4.78 is 40.4. The number of rotatable bonds is 9. The third-order valence-corrected chi connectivity index (χ3v) is 11.1. The molecule has 0 radical (unpaired) electrons. The smallest absolute Gasteiger partial charge is 0.407 e. The summed E-state index contributed by atoms with van der Waals surface area (Å²) in [5, 5.41) is 2.64. The van der Waals surface area contributed by atoms with E-state index in [4.69, 9.17) is 14.5 Å². The molecule has 0 aliphatic carbocycles. The van der Waals surface area contributed by atoms with Gasteiger partial charge in [-0.1, -0.05) is 59.3 Å². The van der Waals surface area contributed by atoms with Gasteiger partial charge in [0.1, 0.15) is 29.2 Å². The first-order valence-electron chi connectivity index (χ1n) is 19.8. The molecule has 1 aromatic heterocycles. The number of likely N-dealkylation sites (tertiary alicyclic amines) is 2. The summed E-state index contributed by atoms with van der Waals surface area (Å²) in [6.45, 7) is 16.2. The number of ether oxygens (including phenoxy) is 2. The van der Waals surface area contributed by atoms with Crippen LogP contribution < -0.4 is 5.32 Å². The van der Waals surface area contributed by atoms with Crippen molar-refractivity contribution in [3.63, 3.8) is 0 Å². The van der Waals surface area contributed by atoms with Crippen molar-refractivity contribution < 1.29 is 37.4 Å². The number of benzene rings is 1. The number of nitrogens with zero attached hydrogens (tertiary/aromatic N) is 4. The normalized spacial score (nSPS) is 21.3. The largest absolute Gasteiger partial charge is 0.469 e. The van der Waals surface area contributed by atoms with E-state index < -0.39 is 41.7 Å². The number of H-pyrrole nitrogens is 1. The van der Waals surface area contributed by atoms with Crippen LogP contribution in [0.2, 0.25) is 0 Å². The Morgan fingerprint density at radius 2 is 1.45 bits per heavy atom. The number of methoxy groups -OCH3 is 2. The number of alkyl carbamates (subject to hydrolysis) is 1. The molecule has 0 spiro atoms. The van der Waals surface area contributed by atoms with E-state index in [9.17, 15) is 19.2 Å². The number of aryl methyl sites for hydroxylation is 1. The number of carbonyl (C=O) groups excluding carboxylic acids is 4. The monoisotopic (exact) mass is 800 g/mol. The number of carbonyl (C=O) groups is 4. The number of imidazole rings is 1. The van der Waals surface area contributed by atoms with E-state index in [1.807, 2.05) is 39.5 Å². The van der Waals surface area contributed by atoms with Crippen molar-refractivity contribution >= 4 is 29.6 Å². The average Bonchev–Trinajstić information content (AvgIpc) is 3.96. The summed E-state index contributed by atoms with van der Waals surface area (Å²) in [5.41, 5.74) is 2.73. The van der Waals surface area contributed by atoms with Crippen LogP contribution in [0.4, 0.5) is 13.6 Å². The molecule has 3 amide bonds. The molecule has 2 N–H and O–H groups in total. The summed E-state index contributed by atoms with van der Waals surface area (Å²) in [5.74, 6) is 9.19. The van der Waals surface area contributed by atoms with E-state index in [0.29, 0.717) is 54.4 Å². The molecule has 14 heteroatoms. The van der Waals surface area contributed by atoms with Crippen molar-refractivity contribution in [2.24, 2.45) is 34.6 Å². The van der Waals surface area contributed by atoms with Gasteiger partial charge in [0.2, 0.25) is 11.8 Å². The molecule has 2 saturated heterocycles. The van der Waals surface area contributed by atoms with E-state index in [-0.39, 0.29) is 59.1 Å². The molecule has 2 aromatic rings. The Morgan fingerprint density at radius 3 is 2.02 bits per heavy atom. The molecular weight excluding hydrogens is 747 g/mol. The van der Waals surface area contributed by atoms with Crippen LogP contribution in [0, 0.1) is 71.8 Å². The molecule has 58 heavy (non-hydrogen) atoms. The lowest BCUT2D eigenvalue weighted by Crippen LogP contribution is -2.51. The van der Waals surface area contributed by atoms with Gasteiger partial charge in [0, 0.05) is 42.2 Å². The third-order valence-electron chi connectivity index (χ3n) is 11.1. The van der Waals surface area contributed by atoms with Gasteiger partial charge in [-0.05, 0) is 68.4 Å². The molecule has 12 nitrogen and oxygen atoms in total. The van der Waals surface area contributed by atoms with Crippen LogP contribution >= 0.6 is 0 Å². The van der Waals surface area contributed by atoms with E-state index in [0.717, 1.165) is 24.3 Å². The van der Waals surface area contributed by atoms with Gasteiger partial charge in [0.25, 0.3) is 0 Å². The number of allylic oxidation sites excluding steroid dienone is 2. The Balaban J connectivity index is 1.29. The maximum Gasteiger partial charge on any atom is 0.407 e. The van der Waals surface area contributed by atoms with Gasteiger partial charge in [-0.2, -0.15) is 0 Å². The summed E-state index contributed by atoms with van der Waals surface area (Å²) in [6, 6.07) is 0.579. The number of esters is 1. The number of amides is 3. The first-order chi connectivity index (χ1) is 27.4. The summed E-state index contributed by atoms with van der Waals surface area (Å²) in [6.07, 6.45) is 1.03. The number of aliphatic imine (C=N–C) groups is 1. The fraction of sp³-hybridized carbons (Fsp3) is 0.545. The lowest BCUT2D eigenvalue weighted by atomic mass is 9.90. The molecule has 2 fully saturated rings. The van der Waals surface area contributed by atoms with Crippen LogP contribution in [0.5, 0.6) is 0 Å². The quantitative estimate of drug-likeness (QED) is 0.226. The van der Waals surface area contributed by atoms with Crippen molar-refractivity contribution in [3.8, 4) is 23.7 Å². The fourth-order valence-electron chi connectivity index (χ4n) is 7.85. The number of hydrogen-bond donors (Lipinski definition) is 2. The van der Waals surface area contributed by atoms with Crippen molar-refractivity contribution in [2.45, 2.75) is 99.2 Å². The highest BCUT2D eigenvalue weighted by atomic mass is 19.1. The summed E-state index contributed by atoms with van der Waals surface area (Å²) >= 11 is 0. The summed E-state index contributed by atoms with van der Waals surface area (Å²) in [7, 11) is 2.56. The van der Waals surface area contributed by atoms with Crippen molar-refractivity contribution in [2.75, 3.05) is 27.3 Å². The lowest BCUT2D eigenvalue weighted by Gasteiger charge is -2.30. The van der Waals surface area contributed by atoms with Crippen molar-refractivity contribution in [1.82, 2.24) is 25.1 Å². The molecule has 1 aromatic carbocycles. The standard InChI is InChI=1S/C44H54F2N6O6/c1-23(2)32(20-39(53)57-9)42(54)51-21-25(5)15-37(51)36-19-29(27(7)47-36)11-12-30-17-34(46)31(18-33(30)45)13-14-35-28(8)48-41(49-35)38-16-26(6)22-52(38)43(55)40(24(3)4)50-44(56)58-10/h17-18,23-26,32,37-38,40H,15-16,19-22H2,1-10H3,(H,48,49)(H,50,56)/t25-,26-,32-,37-,38-,40-/m0/s1. The maximum atomic E-state index is 15.4. The molecule has 0 saturated carbocycles. The number of aromatic nitrogens is 2. The number of aromatic amines is 1. The predicted molar refractivity (Wildman–Crippen MR) is 214 cm³/mol. The van der Waals surface area contributed by atoms with Gasteiger partial charge in [-0.25, -0.2) is 18.6 Å². The number of halogens is 2. The molecule has 3 aliphatic heterocycles. The number of nitrogens with one attached hydrogen (secondary N) is 2. The fourth-order valence-corrected chi connectivity index (χ4v) is 7.85. The molecule has 6 atom stereocenters. The van der Waals surface area contributed by atoms with Crippen LogP contribution in [0.15, 0.2) is 28.4 Å². The Bertz CT molecular complexity index is 2140. The SMILES string of the molecule is COC(=O)C[C@H](C(=O)N1C[C@@H](C)C[C@H]1C1=NC(C)=C(C#Cc2cc(F)c(C#Cc3nc([C@@H]4C[C@H](C)CN4C(=O)[C@@H](NC(=O)OC)C(C)C)[nH]c3C)cc2F)C1)C(C)C. The second-order valence-electron chi connectivity index (χ2n) is 16.4. The minimum Gasteiger partial charge on any atom is -0.469 e. The van der Waals surface area contributed by atoms with E-state index in [2.05, 4.69) is 45.9 Å². The van der Waals surface area contributed by atoms with E-state index in [1.165, 1.54) is 14.2 Å². The van der Waals surface area contributed by atoms with Crippen LogP contribution in [0.25, 0.3) is 0 Å². The van der Waals surface area contributed by atoms with Crippen LogP contribution in [-0.4, -0.2) is 88.7 Å². The average molecular weight is 801 g/mol. The number of hydrogen-bond acceptors (Lipinski definition) is 8. The zero-order valence-electron chi connectivity index (χ0n) is 35.0. The molecule has 0 unspecified atom stereocenters. The van der Waals surface area contributed by atoms with E-state index in [1.54, 1.807) is 18.7 Å². The van der Waals surface area contributed by atoms with Crippen LogP contribution in [-0.2, 0) is 23.9 Å². The lowest BCUT2D eigenvalue weighted by molar-refractivity contribution is -0.148. The molecule has 3 aliphatic rings. The molecule has 4 heterocycles. The van der Waals surface area contributed by atoms with E-state index >= 15 is 8.78 Å². The summed E-state index contributed by atoms with van der Waals surface area (Å²) in [4.78, 5) is 67.7. The van der Waals surface area contributed by atoms with Gasteiger partial charge in [0.05, 0.1) is 49.8 Å². The topological polar surface area (TPSA) is 146 Å². The highest BCUT2D eigenvalue weighted by Crippen LogP contribution is 2.36. The zero-order chi connectivity index (χ0) is 42.6. The first-order valence-corrected chi connectivity index (χ1v) is 19.8. The van der Waals surface area contributed by atoms with Crippen LogP contribution in [0.3, 0.4) is 0 Å². The molecule has 310 valence electrons. The Labute approximate surface area is 339 Å². The van der Waals surface area contributed by atoms with Gasteiger partial charge in [-0.15, -0.1) is 0 Å². The first kappa shape index (κ1) is 43.6. The molecule has 5 rings (SSSR count). The van der Waals surface area contributed by atoms with Gasteiger partial charge < -0.3 is 29.6 Å². The predicted octanol–water partition coefficient (Wildman–Crippen LogP) is 6.23. The third kappa shape index (κ3) is 9.78. The van der Waals surface area contributed by atoms with Crippen LogP contribution in [0.1, 0.15) is 109 Å². The minimum atomic E-state index is -0.793. The van der Waals surface area contributed by atoms with Gasteiger partial charge in [-0.3, -0.25) is 19.4 Å². The zero-order valence-corrected chi connectivity index (χ0v) is 35.0. The Hall–Kier alpha value is -5.50. The maximum absolute atomic E-state index is 15.4. The van der Waals surface area contributed by atoms with Gasteiger partial charge >= 0.3 is 12.1 Å². The van der Waals surface area contributed by atoms with Crippen molar-refractivity contribution in [3.05, 3.63) is 63.4 Å². The van der Waals surface area contributed by atoms with Crippen molar-refractivity contribution in [1.29, 1.82) is 0 Å². The molecular formula is C44H54F2N6O6. The minimum absolute atomic E-state index is 0.00209. The highest BCUT2D eigenvalue weighted by molar-refractivity contribution is 5.99. The Kier molecular flexibility index (Phi) is 13.8. The molecule has 0 bridgehead atoms. The Morgan fingerprint density at radius 1 is 0.862 bits per heavy atom. The second kappa shape index (κ2) is 18.4. The second-order valence-corrected chi connectivity index (χ2v) is 16.4. The van der Waals surface area contributed by atoms with Gasteiger partial charge in [0.15, 0.2) is 0 Å². The highest BCUT2D eigenvalue weighted by Gasteiger charge is 2.42.